The van der Waals surface area contributed by atoms with Crippen molar-refractivity contribution in [1.82, 2.24) is 5.32 Å². The maximum absolute atomic E-state index is 5.63. The standard InChI is InChI=1S/C14H15Br2NOS/c15-13-9-12(19-14(13)16)10-17-7-4-8-18-11-5-2-1-3-6-11/h1-3,5-6,9,17H,4,7-8,10H2. The summed E-state index contributed by atoms with van der Waals surface area (Å²) < 4.78 is 7.91. The summed E-state index contributed by atoms with van der Waals surface area (Å²) in [6, 6.07) is 12.1. The highest BCUT2D eigenvalue weighted by Crippen LogP contribution is 2.32. The van der Waals surface area contributed by atoms with Gasteiger partial charge in [0, 0.05) is 15.9 Å². The molecule has 0 aliphatic rings. The molecular weight excluding hydrogens is 390 g/mol. The molecule has 0 saturated heterocycles. The van der Waals surface area contributed by atoms with Gasteiger partial charge in [-0.25, -0.2) is 0 Å². The molecule has 0 fully saturated rings. The van der Waals surface area contributed by atoms with Gasteiger partial charge < -0.3 is 10.1 Å². The van der Waals surface area contributed by atoms with Crippen LogP contribution in [-0.4, -0.2) is 13.2 Å². The van der Waals surface area contributed by atoms with E-state index in [9.17, 15) is 0 Å². The minimum Gasteiger partial charge on any atom is -0.494 e. The molecule has 0 amide bonds. The van der Waals surface area contributed by atoms with Crippen LogP contribution < -0.4 is 10.1 Å². The van der Waals surface area contributed by atoms with E-state index in [-0.39, 0.29) is 0 Å². The molecule has 0 aliphatic heterocycles. The molecule has 19 heavy (non-hydrogen) atoms. The Kier molecular flexibility index (Phi) is 6.37. The van der Waals surface area contributed by atoms with Crippen LogP contribution >= 0.6 is 43.2 Å². The van der Waals surface area contributed by atoms with E-state index in [1.54, 1.807) is 11.3 Å². The van der Waals surface area contributed by atoms with E-state index in [0.29, 0.717) is 0 Å². The first kappa shape index (κ1) is 15.0. The number of ether oxygens (including phenoxy) is 1. The molecule has 0 spiro atoms. The molecule has 1 aromatic carbocycles. The van der Waals surface area contributed by atoms with Crippen LogP contribution in [0.25, 0.3) is 0 Å². The van der Waals surface area contributed by atoms with Crippen LogP contribution in [0.4, 0.5) is 0 Å². The van der Waals surface area contributed by atoms with E-state index < -0.39 is 0 Å². The average molecular weight is 405 g/mol. The maximum atomic E-state index is 5.63. The van der Waals surface area contributed by atoms with Crippen LogP contribution in [0.5, 0.6) is 5.75 Å². The van der Waals surface area contributed by atoms with Gasteiger partial charge >= 0.3 is 0 Å². The number of halogens is 2. The molecule has 1 N–H and O–H groups in total. The van der Waals surface area contributed by atoms with Crippen LogP contribution in [0.3, 0.4) is 0 Å². The van der Waals surface area contributed by atoms with E-state index in [1.807, 2.05) is 30.3 Å². The number of thiophene rings is 1. The van der Waals surface area contributed by atoms with E-state index in [2.05, 4.69) is 43.2 Å². The summed E-state index contributed by atoms with van der Waals surface area (Å²) in [6.45, 7) is 2.61. The normalized spacial score (nSPS) is 10.6. The topological polar surface area (TPSA) is 21.3 Å². The first-order valence-electron chi connectivity index (χ1n) is 6.08. The Hall–Kier alpha value is -0.360. The highest BCUT2D eigenvalue weighted by molar-refractivity contribution is 9.13. The van der Waals surface area contributed by atoms with Gasteiger partial charge in [-0.3, -0.25) is 0 Å². The van der Waals surface area contributed by atoms with Gasteiger partial charge in [0.05, 0.1) is 10.4 Å². The third-order valence-electron chi connectivity index (χ3n) is 2.51. The Balaban J connectivity index is 1.57. The predicted molar refractivity (Wildman–Crippen MR) is 88.0 cm³/mol. The highest BCUT2D eigenvalue weighted by atomic mass is 79.9. The number of para-hydroxylation sites is 1. The van der Waals surface area contributed by atoms with Crippen molar-refractivity contribution in [1.29, 1.82) is 0 Å². The summed E-state index contributed by atoms with van der Waals surface area (Å²) >= 11 is 8.74. The van der Waals surface area contributed by atoms with Crippen molar-refractivity contribution >= 4 is 43.2 Å². The van der Waals surface area contributed by atoms with Gasteiger partial charge in [0.2, 0.25) is 0 Å². The lowest BCUT2D eigenvalue weighted by atomic mass is 10.3. The molecule has 1 aromatic heterocycles. The zero-order valence-electron chi connectivity index (χ0n) is 10.4. The lowest BCUT2D eigenvalue weighted by molar-refractivity contribution is 0.308. The number of benzene rings is 1. The van der Waals surface area contributed by atoms with Gasteiger partial charge in [0.15, 0.2) is 0 Å². The van der Waals surface area contributed by atoms with Crippen molar-refractivity contribution < 1.29 is 4.74 Å². The molecule has 2 aromatic rings. The van der Waals surface area contributed by atoms with Gasteiger partial charge in [-0.2, -0.15) is 0 Å². The van der Waals surface area contributed by atoms with Gasteiger partial charge in [-0.15, -0.1) is 11.3 Å². The lowest BCUT2D eigenvalue weighted by Gasteiger charge is -2.06. The Bertz CT molecular complexity index is 482. The third-order valence-corrected chi connectivity index (χ3v) is 5.76. The molecule has 0 saturated carbocycles. The largest absolute Gasteiger partial charge is 0.494 e. The second-order valence-electron chi connectivity index (χ2n) is 4.03. The molecule has 2 rings (SSSR count). The quantitative estimate of drug-likeness (QED) is 0.667. The monoisotopic (exact) mass is 403 g/mol. The van der Waals surface area contributed by atoms with Crippen LogP contribution in [0.2, 0.25) is 0 Å². The predicted octanol–water partition coefficient (Wildman–Crippen LogP) is 4.83. The second kappa shape index (κ2) is 8.04. The SMILES string of the molecule is Brc1cc(CNCCCOc2ccccc2)sc1Br. The fraction of sp³-hybridized carbons (Fsp3) is 0.286. The van der Waals surface area contributed by atoms with Crippen LogP contribution in [0, 0.1) is 0 Å². The van der Waals surface area contributed by atoms with E-state index >= 15 is 0 Å². The highest BCUT2D eigenvalue weighted by Gasteiger charge is 2.03. The van der Waals surface area contributed by atoms with Crippen molar-refractivity contribution in [3.05, 3.63) is 49.5 Å². The summed E-state index contributed by atoms with van der Waals surface area (Å²) in [7, 11) is 0. The summed E-state index contributed by atoms with van der Waals surface area (Å²) in [5.41, 5.74) is 0. The minimum absolute atomic E-state index is 0.745. The van der Waals surface area contributed by atoms with Crippen LogP contribution in [0.1, 0.15) is 11.3 Å². The van der Waals surface area contributed by atoms with Gasteiger partial charge in [0.1, 0.15) is 5.75 Å². The van der Waals surface area contributed by atoms with Gasteiger partial charge in [-0.05, 0) is 63.0 Å². The first-order valence-corrected chi connectivity index (χ1v) is 8.48. The molecule has 0 unspecified atom stereocenters. The van der Waals surface area contributed by atoms with E-state index in [4.69, 9.17) is 4.74 Å². The molecule has 0 radical (unpaired) electrons. The molecule has 0 aliphatic carbocycles. The number of nitrogens with one attached hydrogen (secondary N) is 1. The average Bonchev–Trinajstić information content (AvgIpc) is 2.74. The second-order valence-corrected chi connectivity index (χ2v) is 7.34. The van der Waals surface area contributed by atoms with Crippen molar-refractivity contribution in [2.45, 2.75) is 13.0 Å². The molecular formula is C14H15Br2NOS. The Labute approximate surface area is 134 Å². The Morgan fingerprint density at radius 3 is 2.63 bits per heavy atom. The summed E-state index contributed by atoms with van der Waals surface area (Å²) in [6.07, 6.45) is 1.00. The zero-order chi connectivity index (χ0) is 13.5. The summed E-state index contributed by atoms with van der Waals surface area (Å²) in [5, 5.41) is 3.42. The van der Waals surface area contributed by atoms with E-state index in [1.165, 1.54) is 4.88 Å². The van der Waals surface area contributed by atoms with Gasteiger partial charge in [-0.1, -0.05) is 18.2 Å². The molecule has 5 heteroatoms. The summed E-state index contributed by atoms with van der Waals surface area (Å²) in [5.74, 6) is 0.939. The number of hydrogen-bond acceptors (Lipinski definition) is 3. The fourth-order valence-electron chi connectivity index (χ4n) is 1.59. The third kappa shape index (κ3) is 5.26. The zero-order valence-corrected chi connectivity index (χ0v) is 14.4. The first-order chi connectivity index (χ1) is 9.25. The van der Waals surface area contributed by atoms with Crippen molar-refractivity contribution in [2.24, 2.45) is 0 Å². The van der Waals surface area contributed by atoms with Crippen molar-refractivity contribution in [3.63, 3.8) is 0 Å². The number of hydrogen-bond donors (Lipinski definition) is 1. The van der Waals surface area contributed by atoms with Crippen molar-refractivity contribution in [2.75, 3.05) is 13.2 Å². The molecule has 0 atom stereocenters. The lowest BCUT2D eigenvalue weighted by Crippen LogP contribution is -2.16. The molecule has 0 bridgehead atoms. The maximum Gasteiger partial charge on any atom is 0.119 e. The van der Waals surface area contributed by atoms with Gasteiger partial charge in [0.25, 0.3) is 0 Å². The van der Waals surface area contributed by atoms with E-state index in [0.717, 1.165) is 40.1 Å². The Morgan fingerprint density at radius 2 is 1.95 bits per heavy atom. The van der Waals surface area contributed by atoms with Crippen LogP contribution in [-0.2, 0) is 6.54 Å². The van der Waals surface area contributed by atoms with Crippen LogP contribution in [0.15, 0.2) is 44.7 Å². The van der Waals surface area contributed by atoms with Crippen molar-refractivity contribution in [3.8, 4) is 5.75 Å². The number of rotatable bonds is 7. The minimum atomic E-state index is 0.745. The smallest absolute Gasteiger partial charge is 0.119 e. The molecule has 102 valence electrons. The summed E-state index contributed by atoms with van der Waals surface area (Å²) in [4.78, 5) is 1.32. The Morgan fingerprint density at radius 1 is 1.16 bits per heavy atom. The fourth-order valence-corrected chi connectivity index (χ4v) is 3.74. The molecule has 2 nitrogen and oxygen atoms in total. The molecule has 1 heterocycles.